The van der Waals surface area contributed by atoms with Crippen LogP contribution in [-0.2, 0) is 6.42 Å². The number of alkyl halides is 3. The van der Waals surface area contributed by atoms with Crippen molar-refractivity contribution in [3.05, 3.63) is 29.8 Å². The molecule has 1 aromatic rings. The molecule has 0 bridgehead atoms. The van der Waals surface area contributed by atoms with Gasteiger partial charge in [0, 0.05) is 18.4 Å². The molecule has 0 saturated carbocycles. The maximum absolute atomic E-state index is 12.4. The van der Waals surface area contributed by atoms with E-state index >= 15 is 0 Å². The molecule has 2 nitrogen and oxygen atoms in total. The summed E-state index contributed by atoms with van der Waals surface area (Å²) < 4.78 is 42.9. The lowest BCUT2D eigenvalue weighted by molar-refractivity contribution is -0.137. The second-order valence-corrected chi connectivity index (χ2v) is 5.20. The van der Waals surface area contributed by atoms with Crippen LogP contribution in [0.1, 0.15) is 25.3 Å². The predicted molar refractivity (Wildman–Crippen MR) is 71.9 cm³/mol. The summed E-state index contributed by atoms with van der Waals surface area (Å²) in [7, 11) is 0. The Morgan fingerprint density at radius 2 is 2.10 bits per heavy atom. The molecule has 2 atom stereocenters. The number of benzene rings is 1. The number of nitrogens with one attached hydrogen (secondary N) is 1. The fourth-order valence-electron chi connectivity index (χ4n) is 2.70. The van der Waals surface area contributed by atoms with E-state index in [-0.39, 0.29) is 18.4 Å². The lowest BCUT2D eigenvalue weighted by Gasteiger charge is -2.32. The highest BCUT2D eigenvalue weighted by Gasteiger charge is 2.32. The van der Waals surface area contributed by atoms with Crippen molar-refractivity contribution in [2.75, 3.05) is 13.2 Å². The van der Waals surface area contributed by atoms with Gasteiger partial charge in [0.15, 0.2) is 0 Å². The fraction of sp³-hybridized carbons (Fsp3) is 0.600. The zero-order valence-corrected chi connectivity index (χ0v) is 11.5. The highest BCUT2D eigenvalue weighted by Crippen LogP contribution is 2.31. The van der Waals surface area contributed by atoms with E-state index in [1.54, 1.807) is 0 Å². The van der Waals surface area contributed by atoms with Crippen molar-refractivity contribution in [3.8, 4) is 5.75 Å². The molecule has 5 heteroatoms. The molecule has 0 saturated heterocycles. The Bertz CT molecular complexity index is 433. The van der Waals surface area contributed by atoms with Gasteiger partial charge in [-0.15, -0.1) is 0 Å². The first-order chi connectivity index (χ1) is 9.49. The molecule has 1 aromatic carbocycles. The first-order valence-corrected chi connectivity index (χ1v) is 7.00. The topological polar surface area (TPSA) is 21.3 Å². The summed E-state index contributed by atoms with van der Waals surface area (Å²) in [6.07, 6.45) is -3.97. The van der Waals surface area contributed by atoms with Gasteiger partial charge in [-0.1, -0.05) is 25.1 Å². The quantitative estimate of drug-likeness (QED) is 0.894. The van der Waals surface area contributed by atoms with E-state index in [9.17, 15) is 13.2 Å². The van der Waals surface area contributed by atoms with Gasteiger partial charge in [-0.05, 0) is 31.0 Å². The SMILES string of the molecule is CCNC(CCC(F)(F)F)C1COc2ccccc2C1. The van der Waals surface area contributed by atoms with Gasteiger partial charge in [0.1, 0.15) is 5.75 Å². The zero-order valence-electron chi connectivity index (χ0n) is 11.5. The highest BCUT2D eigenvalue weighted by atomic mass is 19.4. The molecule has 0 radical (unpaired) electrons. The van der Waals surface area contributed by atoms with Gasteiger partial charge in [0.25, 0.3) is 0 Å². The van der Waals surface area contributed by atoms with Crippen LogP contribution in [0.2, 0.25) is 0 Å². The Kier molecular flexibility index (Phi) is 4.91. The number of hydrogen-bond acceptors (Lipinski definition) is 2. The summed E-state index contributed by atoms with van der Waals surface area (Å²) >= 11 is 0. The van der Waals surface area contributed by atoms with Gasteiger partial charge in [0.05, 0.1) is 6.61 Å². The standard InChI is InChI=1S/C15H20F3NO/c1-2-19-13(7-8-15(16,17)18)12-9-11-5-3-4-6-14(11)20-10-12/h3-6,12-13,19H,2,7-10H2,1H3. The number of fused-ring (bicyclic) bond motifs is 1. The molecule has 112 valence electrons. The van der Waals surface area contributed by atoms with Crippen molar-refractivity contribution in [3.63, 3.8) is 0 Å². The molecule has 1 aliphatic heterocycles. The van der Waals surface area contributed by atoms with Gasteiger partial charge < -0.3 is 10.1 Å². The summed E-state index contributed by atoms with van der Waals surface area (Å²) in [6.45, 7) is 3.06. The third-order valence-electron chi connectivity index (χ3n) is 3.68. The van der Waals surface area contributed by atoms with Crippen LogP contribution in [0.4, 0.5) is 13.2 Å². The number of rotatable bonds is 5. The predicted octanol–water partition coefficient (Wildman–Crippen LogP) is 3.56. The summed E-state index contributed by atoms with van der Waals surface area (Å²) in [5, 5.41) is 3.18. The van der Waals surface area contributed by atoms with Gasteiger partial charge in [-0.3, -0.25) is 0 Å². The molecule has 0 aromatic heterocycles. The van der Waals surface area contributed by atoms with Crippen LogP contribution < -0.4 is 10.1 Å². The van der Waals surface area contributed by atoms with Crippen molar-refractivity contribution in [1.29, 1.82) is 0 Å². The van der Waals surface area contributed by atoms with Crippen molar-refractivity contribution >= 4 is 0 Å². The molecule has 1 heterocycles. The van der Waals surface area contributed by atoms with Crippen molar-refractivity contribution < 1.29 is 17.9 Å². The minimum Gasteiger partial charge on any atom is -0.493 e. The Hall–Kier alpha value is -1.23. The normalized spacial score (nSPS) is 20.1. The second kappa shape index (κ2) is 6.48. The van der Waals surface area contributed by atoms with Crippen molar-refractivity contribution in [2.24, 2.45) is 5.92 Å². The second-order valence-electron chi connectivity index (χ2n) is 5.20. The van der Waals surface area contributed by atoms with E-state index < -0.39 is 12.6 Å². The van der Waals surface area contributed by atoms with E-state index in [0.717, 1.165) is 17.7 Å². The number of halogens is 3. The Labute approximate surface area is 117 Å². The van der Waals surface area contributed by atoms with E-state index in [0.29, 0.717) is 13.2 Å². The van der Waals surface area contributed by atoms with Crippen LogP contribution >= 0.6 is 0 Å². The average Bonchev–Trinajstić information content (AvgIpc) is 2.42. The lowest BCUT2D eigenvalue weighted by atomic mass is 9.88. The summed E-state index contributed by atoms with van der Waals surface area (Å²) in [4.78, 5) is 0. The minimum atomic E-state index is -4.10. The molecule has 2 rings (SSSR count). The number of para-hydroxylation sites is 1. The molecule has 20 heavy (non-hydrogen) atoms. The van der Waals surface area contributed by atoms with Crippen LogP contribution in [0.25, 0.3) is 0 Å². The van der Waals surface area contributed by atoms with Gasteiger partial charge in [-0.2, -0.15) is 13.2 Å². The zero-order chi connectivity index (χ0) is 14.6. The van der Waals surface area contributed by atoms with Crippen LogP contribution in [0.5, 0.6) is 5.75 Å². The molecule has 2 unspecified atom stereocenters. The molecule has 1 aliphatic rings. The first kappa shape index (κ1) is 15.2. The molecule has 0 amide bonds. The largest absolute Gasteiger partial charge is 0.493 e. The monoisotopic (exact) mass is 287 g/mol. The molecule has 0 fully saturated rings. The Balaban J connectivity index is 2.00. The first-order valence-electron chi connectivity index (χ1n) is 7.00. The molecule has 0 aliphatic carbocycles. The van der Waals surface area contributed by atoms with Gasteiger partial charge >= 0.3 is 6.18 Å². The van der Waals surface area contributed by atoms with Crippen molar-refractivity contribution in [1.82, 2.24) is 5.32 Å². The summed E-state index contributed by atoms with van der Waals surface area (Å²) in [5.74, 6) is 0.946. The van der Waals surface area contributed by atoms with E-state index in [1.807, 2.05) is 31.2 Å². The maximum atomic E-state index is 12.4. The van der Waals surface area contributed by atoms with E-state index in [1.165, 1.54) is 0 Å². The van der Waals surface area contributed by atoms with Crippen LogP contribution in [0.3, 0.4) is 0 Å². The Morgan fingerprint density at radius 3 is 2.80 bits per heavy atom. The number of hydrogen-bond donors (Lipinski definition) is 1. The minimum absolute atomic E-state index is 0.0900. The molecule has 1 N–H and O–H groups in total. The molecular weight excluding hydrogens is 267 g/mol. The van der Waals surface area contributed by atoms with Gasteiger partial charge in [-0.25, -0.2) is 0 Å². The third kappa shape index (κ3) is 4.13. The smallest absolute Gasteiger partial charge is 0.389 e. The molecular formula is C15H20F3NO. The van der Waals surface area contributed by atoms with Crippen LogP contribution in [0.15, 0.2) is 24.3 Å². The van der Waals surface area contributed by atoms with Gasteiger partial charge in [0.2, 0.25) is 0 Å². The maximum Gasteiger partial charge on any atom is 0.389 e. The fourth-order valence-corrected chi connectivity index (χ4v) is 2.70. The van der Waals surface area contributed by atoms with E-state index in [2.05, 4.69) is 5.32 Å². The van der Waals surface area contributed by atoms with E-state index in [4.69, 9.17) is 4.74 Å². The Morgan fingerprint density at radius 1 is 1.35 bits per heavy atom. The number of ether oxygens (including phenoxy) is 1. The average molecular weight is 287 g/mol. The third-order valence-corrected chi connectivity index (χ3v) is 3.68. The summed E-state index contributed by atoms with van der Waals surface area (Å²) in [6, 6.07) is 7.57. The van der Waals surface area contributed by atoms with Crippen LogP contribution in [-0.4, -0.2) is 25.4 Å². The lowest BCUT2D eigenvalue weighted by Crippen LogP contribution is -2.42. The van der Waals surface area contributed by atoms with Crippen molar-refractivity contribution in [2.45, 2.75) is 38.4 Å². The highest BCUT2D eigenvalue weighted by molar-refractivity contribution is 5.35. The molecule has 0 spiro atoms. The summed E-state index contributed by atoms with van der Waals surface area (Å²) in [5.41, 5.74) is 1.08. The van der Waals surface area contributed by atoms with Crippen LogP contribution in [0, 0.1) is 5.92 Å².